The van der Waals surface area contributed by atoms with E-state index >= 15 is 0 Å². The molecule has 2 aliphatic rings. The van der Waals surface area contributed by atoms with Crippen LogP contribution < -0.4 is 16.4 Å². The average Bonchev–Trinajstić information content (AvgIpc) is 2.31. The molecule has 0 bridgehead atoms. The lowest BCUT2D eigenvalue weighted by Crippen LogP contribution is -2.52. The first-order valence-electron chi connectivity index (χ1n) is 6.90. The topological polar surface area (TPSA) is 84.2 Å². The molecule has 2 amide bonds. The van der Waals surface area contributed by atoms with Crippen LogP contribution in [0.15, 0.2) is 0 Å². The predicted octanol–water partition coefficient (Wildman–Crippen LogP) is 0.145. The van der Waals surface area contributed by atoms with Crippen molar-refractivity contribution in [1.82, 2.24) is 10.6 Å². The van der Waals surface area contributed by atoms with Crippen molar-refractivity contribution in [2.75, 3.05) is 6.54 Å². The van der Waals surface area contributed by atoms with Crippen molar-refractivity contribution in [3.63, 3.8) is 0 Å². The summed E-state index contributed by atoms with van der Waals surface area (Å²) in [6.07, 6.45) is 4.29. The van der Waals surface area contributed by atoms with Crippen molar-refractivity contribution < 1.29 is 9.59 Å². The first kappa shape index (κ1) is 13.3. The zero-order valence-corrected chi connectivity index (χ0v) is 10.9. The largest absolute Gasteiger partial charge is 0.354 e. The van der Waals surface area contributed by atoms with E-state index in [-0.39, 0.29) is 29.8 Å². The molecule has 1 saturated carbocycles. The molecule has 18 heavy (non-hydrogen) atoms. The van der Waals surface area contributed by atoms with Gasteiger partial charge in [0.1, 0.15) is 6.04 Å². The standard InChI is InChI=1S/C13H23N3O2/c1-8-5-9(7-10(14)6-8)12(17)16-11-3-2-4-15-13(11)18/h8-11H,2-7,14H2,1H3,(H,15,18)(H,16,17). The summed E-state index contributed by atoms with van der Waals surface area (Å²) < 4.78 is 0. The summed E-state index contributed by atoms with van der Waals surface area (Å²) >= 11 is 0. The van der Waals surface area contributed by atoms with Gasteiger partial charge in [-0.05, 0) is 38.0 Å². The number of hydrogen-bond acceptors (Lipinski definition) is 3. The number of rotatable bonds is 2. The Labute approximate surface area is 108 Å². The summed E-state index contributed by atoms with van der Waals surface area (Å²) in [5, 5.41) is 5.65. The first-order chi connectivity index (χ1) is 8.56. The highest BCUT2D eigenvalue weighted by atomic mass is 16.2. The monoisotopic (exact) mass is 253 g/mol. The van der Waals surface area contributed by atoms with E-state index in [1.54, 1.807) is 0 Å². The number of carbonyl (C=O) groups is 2. The van der Waals surface area contributed by atoms with E-state index < -0.39 is 0 Å². The normalized spacial score (nSPS) is 36.9. The van der Waals surface area contributed by atoms with Crippen LogP contribution in [-0.4, -0.2) is 30.4 Å². The number of carbonyl (C=O) groups excluding carboxylic acids is 2. The Kier molecular flexibility index (Phi) is 4.22. The van der Waals surface area contributed by atoms with Crippen LogP contribution in [0, 0.1) is 11.8 Å². The van der Waals surface area contributed by atoms with Gasteiger partial charge in [0.25, 0.3) is 0 Å². The molecule has 4 atom stereocenters. The van der Waals surface area contributed by atoms with E-state index in [0.717, 1.165) is 38.6 Å². The summed E-state index contributed by atoms with van der Waals surface area (Å²) in [5.41, 5.74) is 5.95. The molecule has 0 aromatic carbocycles. The molecule has 1 aliphatic carbocycles. The van der Waals surface area contributed by atoms with Crippen LogP contribution in [-0.2, 0) is 9.59 Å². The Morgan fingerprint density at radius 3 is 2.83 bits per heavy atom. The van der Waals surface area contributed by atoms with Gasteiger partial charge in [0.15, 0.2) is 0 Å². The van der Waals surface area contributed by atoms with Gasteiger partial charge in [-0.1, -0.05) is 6.92 Å². The maximum absolute atomic E-state index is 12.2. The third kappa shape index (κ3) is 3.22. The molecule has 1 heterocycles. The maximum atomic E-state index is 12.2. The Morgan fingerprint density at radius 2 is 2.17 bits per heavy atom. The molecule has 4 unspecified atom stereocenters. The van der Waals surface area contributed by atoms with Gasteiger partial charge in [-0.25, -0.2) is 0 Å². The minimum absolute atomic E-state index is 0.000880. The number of nitrogens with one attached hydrogen (secondary N) is 2. The van der Waals surface area contributed by atoms with E-state index in [2.05, 4.69) is 17.6 Å². The van der Waals surface area contributed by atoms with Crippen molar-refractivity contribution in [1.29, 1.82) is 0 Å². The van der Waals surface area contributed by atoms with Crippen molar-refractivity contribution in [3.8, 4) is 0 Å². The molecule has 0 aromatic rings. The van der Waals surface area contributed by atoms with Crippen molar-refractivity contribution >= 4 is 11.8 Å². The quantitative estimate of drug-likeness (QED) is 0.654. The van der Waals surface area contributed by atoms with Gasteiger partial charge >= 0.3 is 0 Å². The lowest BCUT2D eigenvalue weighted by molar-refractivity contribution is -0.133. The van der Waals surface area contributed by atoms with E-state index in [0.29, 0.717) is 5.92 Å². The summed E-state index contributed by atoms with van der Waals surface area (Å²) in [6, 6.07) is -0.232. The fourth-order valence-corrected chi connectivity index (χ4v) is 3.07. The van der Waals surface area contributed by atoms with Gasteiger partial charge in [-0.3, -0.25) is 9.59 Å². The zero-order chi connectivity index (χ0) is 13.1. The van der Waals surface area contributed by atoms with Crippen molar-refractivity contribution in [2.45, 2.75) is 51.1 Å². The summed E-state index contributed by atoms with van der Waals surface area (Å²) in [5.74, 6) is 0.407. The molecule has 0 radical (unpaired) electrons. The molecule has 2 fully saturated rings. The molecular weight excluding hydrogens is 230 g/mol. The molecular formula is C13H23N3O2. The van der Waals surface area contributed by atoms with Crippen molar-refractivity contribution in [3.05, 3.63) is 0 Å². The van der Waals surface area contributed by atoms with Crippen LogP contribution in [0.25, 0.3) is 0 Å². The van der Waals surface area contributed by atoms with Crippen LogP contribution in [0.5, 0.6) is 0 Å². The van der Waals surface area contributed by atoms with Gasteiger partial charge < -0.3 is 16.4 Å². The van der Waals surface area contributed by atoms with E-state index in [9.17, 15) is 9.59 Å². The zero-order valence-electron chi connectivity index (χ0n) is 10.9. The minimum atomic E-state index is -0.347. The maximum Gasteiger partial charge on any atom is 0.242 e. The Balaban J connectivity index is 1.88. The fourth-order valence-electron chi connectivity index (χ4n) is 3.07. The van der Waals surface area contributed by atoms with E-state index in [1.165, 1.54) is 0 Å². The Hall–Kier alpha value is -1.10. The number of hydrogen-bond donors (Lipinski definition) is 3. The molecule has 0 aromatic heterocycles. The molecule has 5 heteroatoms. The lowest BCUT2D eigenvalue weighted by Gasteiger charge is -2.32. The lowest BCUT2D eigenvalue weighted by atomic mass is 9.79. The molecule has 4 N–H and O–H groups in total. The highest BCUT2D eigenvalue weighted by Crippen LogP contribution is 2.28. The molecule has 102 valence electrons. The third-order valence-corrected chi connectivity index (χ3v) is 3.95. The molecule has 1 saturated heterocycles. The van der Waals surface area contributed by atoms with Crippen LogP contribution in [0.2, 0.25) is 0 Å². The van der Waals surface area contributed by atoms with Gasteiger partial charge in [0.2, 0.25) is 11.8 Å². The van der Waals surface area contributed by atoms with Crippen LogP contribution in [0.4, 0.5) is 0 Å². The summed E-state index contributed by atoms with van der Waals surface area (Å²) in [4.78, 5) is 23.7. The van der Waals surface area contributed by atoms with Gasteiger partial charge in [0, 0.05) is 18.5 Å². The fraction of sp³-hybridized carbons (Fsp3) is 0.846. The SMILES string of the molecule is CC1CC(N)CC(C(=O)NC2CCCNC2=O)C1. The number of nitrogens with two attached hydrogens (primary N) is 1. The van der Waals surface area contributed by atoms with Crippen molar-refractivity contribution in [2.24, 2.45) is 17.6 Å². The minimum Gasteiger partial charge on any atom is -0.354 e. The van der Waals surface area contributed by atoms with Gasteiger partial charge in [-0.15, -0.1) is 0 Å². The molecule has 5 nitrogen and oxygen atoms in total. The first-order valence-corrected chi connectivity index (χ1v) is 6.90. The Morgan fingerprint density at radius 1 is 1.39 bits per heavy atom. The highest BCUT2D eigenvalue weighted by molar-refractivity contribution is 5.88. The van der Waals surface area contributed by atoms with Crippen LogP contribution in [0.1, 0.15) is 39.0 Å². The highest BCUT2D eigenvalue weighted by Gasteiger charge is 2.32. The second-order valence-electron chi connectivity index (χ2n) is 5.76. The molecule has 0 spiro atoms. The van der Waals surface area contributed by atoms with E-state index in [1.807, 2.05) is 0 Å². The third-order valence-electron chi connectivity index (χ3n) is 3.95. The number of amides is 2. The molecule has 1 aliphatic heterocycles. The van der Waals surface area contributed by atoms with Gasteiger partial charge in [0.05, 0.1) is 0 Å². The van der Waals surface area contributed by atoms with Gasteiger partial charge in [-0.2, -0.15) is 0 Å². The molecule has 2 rings (SSSR count). The van der Waals surface area contributed by atoms with Crippen LogP contribution >= 0.6 is 0 Å². The predicted molar refractivity (Wildman–Crippen MR) is 68.7 cm³/mol. The van der Waals surface area contributed by atoms with Crippen LogP contribution in [0.3, 0.4) is 0 Å². The summed E-state index contributed by atoms with van der Waals surface area (Å²) in [6.45, 7) is 2.85. The van der Waals surface area contributed by atoms with E-state index in [4.69, 9.17) is 5.73 Å². The second kappa shape index (κ2) is 5.69. The number of piperidine rings is 1. The second-order valence-corrected chi connectivity index (χ2v) is 5.76. The smallest absolute Gasteiger partial charge is 0.242 e. The summed E-state index contributed by atoms with van der Waals surface area (Å²) in [7, 11) is 0. The average molecular weight is 253 g/mol. The Bertz CT molecular complexity index is 322.